The molecule has 1 aliphatic rings. The molecule has 0 unspecified atom stereocenters. The average Bonchev–Trinajstić information content (AvgIpc) is 3.13. The van der Waals surface area contributed by atoms with Gasteiger partial charge in [-0.05, 0) is 50.0 Å². The van der Waals surface area contributed by atoms with Gasteiger partial charge in [-0.15, -0.1) is 0 Å². The molecular formula is C21H24N4O2. The van der Waals surface area contributed by atoms with Gasteiger partial charge in [-0.25, -0.2) is 9.78 Å². The topological polar surface area (TPSA) is 84.2 Å². The fraction of sp³-hybridized carbons (Fsp3) is 0.333. The Kier molecular flexibility index (Phi) is 5.07. The number of aromatic nitrogens is 2. The van der Waals surface area contributed by atoms with Crippen LogP contribution >= 0.6 is 0 Å². The van der Waals surface area contributed by atoms with Crippen LogP contribution < -0.4 is 10.5 Å². The van der Waals surface area contributed by atoms with Crippen LogP contribution in [0.15, 0.2) is 42.5 Å². The maximum absolute atomic E-state index is 11.1. The molecule has 6 heteroatoms. The molecule has 0 saturated carbocycles. The third kappa shape index (κ3) is 4.11. The quantitative estimate of drug-likeness (QED) is 0.723. The number of ether oxygens (including phenoxy) is 1. The van der Waals surface area contributed by atoms with Crippen molar-refractivity contribution in [3.63, 3.8) is 0 Å². The summed E-state index contributed by atoms with van der Waals surface area (Å²) in [5.74, 6) is 1.11. The maximum atomic E-state index is 11.1. The van der Waals surface area contributed by atoms with Crippen LogP contribution in [0.3, 0.4) is 0 Å². The van der Waals surface area contributed by atoms with Gasteiger partial charge in [-0.3, -0.25) is 0 Å². The van der Waals surface area contributed by atoms with Crippen molar-refractivity contribution in [2.24, 2.45) is 5.73 Å². The first-order valence-electron chi connectivity index (χ1n) is 9.47. The number of amides is 1. The zero-order valence-corrected chi connectivity index (χ0v) is 15.3. The fourth-order valence-electron chi connectivity index (χ4n) is 3.63. The number of nitrogens with two attached hydrogens (primary N) is 1. The molecule has 3 aromatic rings. The second-order valence-electron chi connectivity index (χ2n) is 7.01. The van der Waals surface area contributed by atoms with Crippen LogP contribution in [0.4, 0.5) is 4.79 Å². The number of hydrogen-bond donors (Lipinski definition) is 2. The van der Waals surface area contributed by atoms with Gasteiger partial charge in [0.25, 0.3) is 0 Å². The number of aromatic amines is 1. The molecule has 2 aromatic carbocycles. The number of imidazole rings is 1. The Labute approximate surface area is 158 Å². The first-order chi connectivity index (χ1) is 13.2. The van der Waals surface area contributed by atoms with E-state index in [4.69, 9.17) is 10.5 Å². The third-order valence-electron chi connectivity index (χ3n) is 5.08. The second kappa shape index (κ2) is 7.80. The van der Waals surface area contributed by atoms with Crippen molar-refractivity contribution in [3.05, 3.63) is 48.0 Å². The summed E-state index contributed by atoms with van der Waals surface area (Å²) in [6, 6.07) is 13.9. The van der Waals surface area contributed by atoms with Crippen LogP contribution in [0.5, 0.6) is 5.75 Å². The summed E-state index contributed by atoms with van der Waals surface area (Å²) in [6.07, 6.45) is 4.25. The van der Waals surface area contributed by atoms with E-state index in [0.717, 1.165) is 29.9 Å². The Bertz CT molecular complexity index is 927. The molecule has 6 nitrogen and oxygen atoms in total. The summed E-state index contributed by atoms with van der Waals surface area (Å²) in [5, 5.41) is 0. The van der Waals surface area contributed by atoms with Crippen molar-refractivity contribution in [2.45, 2.75) is 25.7 Å². The molecule has 1 saturated heterocycles. The minimum atomic E-state index is -0.842. The van der Waals surface area contributed by atoms with E-state index in [1.165, 1.54) is 37.9 Å². The molecule has 0 bridgehead atoms. The summed E-state index contributed by atoms with van der Waals surface area (Å²) in [5.41, 5.74) is 8.86. The molecule has 4 rings (SSSR count). The molecule has 0 radical (unpaired) electrons. The highest BCUT2D eigenvalue weighted by Gasteiger charge is 2.12. The van der Waals surface area contributed by atoms with Crippen molar-refractivity contribution in [2.75, 3.05) is 19.6 Å². The van der Waals surface area contributed by atoms with E-state index >= 15 is 0 Å². The van der Waals surface area contributed by atoms with Gasteiger partial charge in [-0.1, -0.05) is 36.8 Å². The predicted molar refractivity (Wildman–Crippen MR) is 106 cm³/mol. The summed E-state index contributed by atoms with van der Waals surface area (Å²) >= 11 is 0. The van der Waals surface area contributed by atoms with Crippen LogP contribution in [-0.4, -0.2) is 40.6 Å². The molecule has 140 valence electrons. The number of piperidine rings is 1. The minimum Gasteiger partial charge on any atom is -0.408 e. The Morgan fingerprint density at radius 2 is 1.89 bits per heavy atom. The Hall–Kier alpha value is -2.86. The molecule has 3 N–H and O–H groups in total. The van der Waals surface area contributed by atoms with Crippen LogP contribution in [0.1, 0.15) is 24.8 Å². The van der Waals surface area contributed by atoms with Crippen LogP contribution in [0.25, 0.3) is 22.4 Å². The molecule has 27 heavy (non-hydrogen) atoms. The van der Waals surface area contributed by atoms with E-state index in [1.54, 1.807) is 12.1 Å². The van der Waals surface area contributed by atoms with Crippen molar-refractivity contribution in [1.29, 1.82) is 0 Å². The number of rotatable bonds is 5. The van der Waals surface area contributed by atoms with Crippen LogP contribution in [0.2, 0.25) is 0 Å². The van der Waals surface area contributed by atoms with Gasteiger partial charge in [0.15, 0.2) is 5.75 Å². The van der Waals surface area contributed by atoms with E-state index in [2.05, 4.69) is 39.1 Å². The number of likely N-dealkylation sites (tertiary alicyclic amines) is 1. The Morgan fingerprint density at radius 1 is 1.11 bits per heavy atom. The average molecular weight is 364 g/mol. The van der Waals surface area contributed by atoms with Crippen molar-refractivity contribution in [3.8, 4) is 17.1 Å². The highest BCUT2D eigenvalue weighted by atomic mass is 16.5. The predicted octanol–water partition coefficient (Wildman–Crippen LogP) is 3.72. The number of para-hydroxylation sites is 1. The first-order valence-corrected chi connectivity index (χ1v) is 9.47. The number of nitrogens with one attached hydrogen (secondary N) is 1. The highest BCUT2D eigenvalue weighted by Crippen LogP contribution is 2.27. The highest BCUT2D eigenvalue weighted by molar-refractivity contribution is 5.87. The van der Waals surface area contributed by atoms with Gasteiger partial charge in [0.05, 0.1) is 5.52 Å². The molecule has 0 aliphatic carbocycles. The number of benzene rings is 2. The normalized spacial score (nSPS) is 15.1. The zero-order chi connectivity index (χ0) is 18.6. The number of primary amides is 1. The Morgan fingerprint density at radius 3 is 2.63 bits per heavy atom. The number of H-pyrrole nitrogens is 1. The smallest absolute Gasteiger partial charge is 0.408 e. The lowest BCUT2D eigenvalue weighted by Crippen LogP contribution is -2.31. The lowest BCUT2D eigenvalue weighted by Gasteiger charge is -2.26. The van der Waals surface area contributed by atoms with Gasteiger partial charge >= 0.3 is 6.09 Å². The SMILES string of the molecule is NC(=O)Oc1cccc2[nH]c(-c3ccc(CCN4CCCCC4)cc3)nc12. The first kappa shape index (κ1) is 17.5. The lowest BCUT2D eigenvalue weighted by molar-refractivity contribution is 0.211. The van der Waals surface area contributed by atoms with Gasteiger partial charge in [0.1, 0.15) is 11.3 Å². The number of fused-ring (bicyclic) bond motifs is 1. The molecule has 0 spiro atoms. The van der Waals surface area contributed by atoms with Crippen LogP contribution in [-0.2, 0) is 6.42 Å². The summed E-state index contributed by atoms with van der Waals surface area (Å²) in [7, 11) is 0. The fourth-order valence-corrected chi connectivity index (χ4v) is 3.63. The molecule has 0 atom stereocenters. The molecular weight excluding hydrogens is 340 g/mol. The van der Waals surface area contributed by atoms with Gasteiger partial charge in [0.2, 0.25) is 0 Å². The summed E-state index contributed by atoms with van der Waals surface area (Å²) in [6.45, 7) is 3.58. The van der Waals surface area contributed by atoms with E-state index in [0.29, 0.717) is 11.3 Å². The van der Waals surface area contributed by atoms with E-state index in [9.17, 15) is 4.79 Å². The molecule has 1 amide bonds. The van der Waals surface area contributed by atoms with Crippen molar-refractivity contribution >= 4 is 17.1 Å². The van der Waals surface area contributed by atoms with Crippen LogP contribution in [0, 0.1) is 0 Å². The number of carbonyl (C=O) groups excluding carboxylic acids is 1. The monoisotopic (exact) mass is 364 g/mol. The number of hydrogen-bond acceptors (Lipinski definition) is 4. The summed E-state index contributed by atoms with van der Waals surface area (Å²) < 4.78 is 5.04. The van der Waals surface area contributed by atoms with E-state index in [1.807, 2.05) is 6.07 Å². The van der Waals surface area contributed by atoms with E-state index in [-0.39, 0.29) is 0 Å². The van der Waals surface area contributed by atoms with Crippen molar-refractivity contribution in [1.82, 2.24) is 14.9 Å². The molecule has 1 fully saturated rings. The second-order valence-corrected chi connectivity index (χ2v) is 7.01. The lowest BCUT2D eigenvalue weighted by atomic mass is 10.1. The molecule has 1 aliphatic heterocycles. The minimum absolute atomic E-state index is 0.362. The summed E-state index contributed by atoms with van der Waals surface area (Å²) in [4.78, 5) is 21.5. The van der Waals surface area contributed by atoms with Gasteiger partial charge < -0.3 is 20.4 Å². The Balaban J connectivity index is 1.49. The largest absolute Gasteiger partial charge is 0.410 e. The standard InChI is InChI=1S/C21H24N4O2/c22-21(26)27-18-6-4-5-17-19(18)24-20(23-17)16-9-7-15(8-10-16)11-14-25-12-2-1-3-13-25/h4-10H,1-3,11-14H2,(H2,22,26)(H,23,24). The van der Waals surface area contributed by atoms with Gasteiger partial charge in [0, 0.05) is 12.1 Å². The zero-order valence-electron chi connectivity index (χ0n) is 15.3. The molecule has 1 aromatic heterocycles. The maximum Gasteiger partial charge on any atom is 0.410 e. The van der Waals surface area contributed by atoms with E-state index < -0.39 is 6.09 Å². The van der Waals surface area contributed by atoms with Crippen molar-refractivity contribution < 1.29 is 9.53 Å². The number of nitrogens with zero attached hydrogens (tertiary/aromatic N) is 2. The molecule has 2 heterocycles. The third-order valence-corrected chi connectivity index (χ3v) is 5.08. The van der Waals surface area contributed by atoms with Gasteiger partial charge in [-0.2, -0.15) is 0 Å². The number of carbonyl (C=O) groups is 1.